The van der Waals surface area contributed by atoms with E-state index in [0.717, 1.165) is 33.9 Å². The Morgan fingerprint density at radius 1 is 0.921 bits per heavy atom. The largest absolute Gasteiger partial charge is 0.506 e. The lowest BCUT2D eigenvalue weighted by atomic mass is 9.77. The zero-order valence-electron chi connectivity index (χ0n) is 21.9. The molecule has 2 aromatic carbocycles. The maximum absolute atomic E-state index is 13.3. The highest BCUT2D eigenvalue weighted by Gasteiger charge is 2.47. The second kappa shape index (κ2) is 7.95. The third-order valence-electron chi connectivity index (χ3n) is 8.02. The Balaban J connectivity index is 1.53. The lowest BCUT2D eigenvalue weighted by Crippen LogP contribution is -2.31. The molecular weight excluding hydrogens is 488 g/mol. The third-order valence-corrected chi connectivity index (χ3v) is 8.02. The summed E-state index contributed by atoms with van der Waals surface area (Å²) in [6, 6.07) is 9.37. The number of non-ortho nitro benzene ring substituents is 2. The van der Waals surface area contributed by atoms with Gasteiger partial charge >= 0.3 is 0 Å². The van der Waals surface area contributed by atoms with Gasteiger partial charge in [0.2, 0.25) is 11.5 Å². The van der Waals surface area contributed by atoms with Crippen molar-refractivity contribution in [3.8, 4) is 0 Å². The molecule has 1 N–H and O–H groups in total. The standard InChI is InChI=1S/C28H26N4O6/c1-27(2)19-11-15(31(35)36)7-9-21(19)29(5)23(27)13-17-25(33)18(26(17)34)14-24-28(3,4)20-12-16(32(37)38)8-10-22(20)30(24)6/h7-14H,1-6H3/p+1. The molecule has 5 rings (SSSR count). The summed E-state index contributed by atoms with van der Waals surface area (Å²) in [5.41, 5.74) is 3.62. The van der Waals surface area contributed by atoms with Gasteiger partial charge in [0, 0.05) is 65.8 Å². The van der Waals surface area contributed by atoms with E-state index in [1.54, 1.807) is 36.4 Å². The van der Waals surface area contributed by atoms with E-state index in [0.29, 0.717) is 0 Å². The van der Waals surface area contributed by atoms with Gasteiger partial charge in [-0.05, 0) is 31.6 Å². The number of fused-ring (bicyclic) bond motifs is 2. The molecule has 0 saturated carbocycles. The number of hydrogen-bond acceptors (Lipinski definition) is 7. The average molecular weight is 516 g/mol. The number of nitro groups is 2. The molecule has 0 saturated heterocycles. The average Bonchev–Trinajstić information content (AvgIpc) is 3.17. The molecule has 0 unspecified atom stereocenters. The van der Waals surface area contributed by atoms with Crippen LogP contribution in [-0.4, -0.2) is 45.1 Å². The summed E-state index contributed by atoms with van der Waals surface area (Å²) >= 11 is 0. The van der Waals surface area contributed by atoms with Gasteiger partial charge in [-0.15, -0.1) is 0 Å². The van der Waals surface area contributed by atoms with Crippen molar-refractivity contribution in [1.29, 1.82) is 0 Å². The molecule has 38 heavy (non-hydrogen) atoms. The van der Waals surface area contributed by atoms with Crippen LogP contribution in [0.3, 0.4) is 0 Å². The predicted molar refractivity (Wildman–Crippen MR) is 142 cm³/mol. The highest BCUT2D eigenvalue weighted by atomic mass is 16.6. The number of Topliss-reactive ketones (excluding diaryl/α,β-unsaturated/α-hetero) is 1. The summed E-state index contributed by atoms with van der Waals surface area (Å²) in [6.45, 7) is 7.69. The van der Waals surface area contributed by atoms with E-state index in [2.05, 4.69) is 0 Å². The van der Waals surface area contributed by atoms with E-state index in [-0.39, 0.29) is 34.1 Å². The van der Waals surface area contributed by atoms with Crippen molar-refractivity contribution in [2.75, 3.05) is 19.0 Å². The third kappa shape index (κ3) is 3.33. The minimum absolute atomic E-state index is 0.00914. The summed E-state index contributed by atoms with van der Waals surface area (Å²) in [5.74, 6) is -0.452. The monoisotopic (exact) mass is 515 g/mol. The number of carbonyl (C=O) groups excluding carboxylic acids is 1. The van der Waals surface area contributed by atoms with E-state index in [1.165, 1.54) is 12.1 Å². The van der Waals surface area contributed by atoms with Crippen LogP contribution in [0, 0.1) is 20.2 Å². The van der Waals surface area contributed by atoms with Crippen LogP contribution in [0.15, 0.2) is 71.2 Å². The smallest absolute Gasteiger partial charge is 0.270 e. The van der Waals surface area contributed by atoms with Crippen LogP contribution in [0.25, 0.3) is 0 Å². The number of aliphatic hydroxyl groups is 1. The number of nitro benzene ring substituents is 2. The maximum Gasteiger partial charge on any atom is 0.270 e. The number of likely N-dealkylation sites (N-methyl/N-ethyl adjacent to an activating group) is 1. The summed E-state index contributed by atoms with van der Waals surface area (Å²) in [6.07, 6.45) is 3.29. The number of carbonyl (C=O) groups is 1. The molecule has 10 heteroatoms. The molecule has 2 heterocycles. The second-order valence-corrected chi connectivity index (χ2v) is 10.8. The van der Waals surface area contributed by atoms with Gasteiger partial charge in [0.25, 0.3) is 11.4 Å². The summed E-state index contributed by atoms with van der Waals surface area (Å²) < 4.78 is 1.88. The molecule has 2 aromatic rings. The van der Waals surface area contributed by atoms with Gasteiger partial charge in [0.05, 0.1) is 26.4 Å². The molecule has 10 nitrogen and oxygen atoms in total. The topological polar surface area (TPSA) is 130 Å². The van der Waals surface area contributed by atoms with Crippen molar-refractivity contribution in [3.05, 3.63) is 103 Å². The number of aliphatic hydroxyl groups excluding tert-OH is 1. The Morgan fingerprint density at radius 2 is 1.50 bits per heavy atom. The minimum atomic E-state index is -0.637. The SMILES string of the molecule is CN1/C(=C\C2=C(O)C(=C/C3=[N+](C)c4ccc([N+](=O)[O-])cc4C3(C)C)/C2=O)C(C)(C)c2cc([N+](=O)[O-])ccc21. The summed E-state index contributed by atoms with van der Waals surface area (Å²) in [4.78, 5) is 36.9. The van der Waals surface area contributed by atoms with Crippen molar-refractivity contribution in [2.45, 2.75) is 38.5 Å². The van der Waals surface area contributed by atoms with Gasteiger partial charge in [0.15, 0.2) is 5.71 Å². The minimum Gasteiger partial charge on any atom is -0.506 e. The first-order valence-corrected chi connectivity index (χ1v) is 12.0. The number of anilines is 1. The fourth-order valence-corrected chi connectivity index (χ4v) is 5.77. The number of nitrogens with zero attached hydrogens (tertiary/aromatic N) is 4. The second-order valence-electron chi connectivity index (χ2n) is 10.8. The van der Waals surface area contributed by atoms with Crippen molar-refractivity contribution >= 4 is 34.2 Å². The van der Waals surface area contributed by atoms with Crippen LogP contribution in [-0.2, 0) is 15.6 Å². The highest BCUT2D eigenvalue weighted by molar-refractivity contribution is 6.24. The first-order valence-electron chi connectivity index (χ1n) is 12.0. The molecule has 3 aliphatic rings. The fourth-order valence-electron chi connectivity index (χ4n) is 5.77. The Kier molecular flexibility index (Phi) is 5.24. The molecule has 0 atom stereocenters. The van der Waals surface area contributed by atoms with E-state index in [4.69, 9.17) is 0 Å². The first-order chi connectivity index (χ1) is 17.7. The van der Waals surface area contributed by atoms with Crippen LogP contribution in [0.4, 0.5) is 22.7 Å². The van der Waals surface area contributed by atoms with E-state index in [1.807, 2.05) is 51.3 Å². The van der Waals surface area contributed by atoms with Gasteiger partial charge in [-0.25, -0.2) is 0 Å². The maximum atomic E-state index is 13.3. The van der Waals surface area contributed by atoms with Crippen LogP contribution in [0.5, 0.6) is 0 Å². The lowest BCUT2D eigenvalue weighted by molar-refractivity contribution is -0.402. The molecule has 0 radical (unpaired) electrons. The number of allylic oxidation sites excluding steroid dienone is 5. The van der Waals surface area contributed by atoms with E-state index >= 15 is 0 Å². The molecule has 0 amide bonds. The van der Waals surface area contributed by atoms with Crippen molar-refractivity contribution in [3.63, 3.8) is 0 Å². The Morgan fingerprint density at radius 3 is 2.08 bits per heavy atom. The van der Waals surface area contributed by atoms with E-state index < -0.39 is 20.7 Å². The molecule has 1 aliphatic carbocycles. The van der Waals surface area contributed by atoms with E-state index in [9.17, 15) is 30.1 Å². The molecule has 194 valence electrons. The van der Waals surface area contributed by atoms with Gasteiger partial charge in [-0.2, -0.15) is 4.58 Å². The molecule has 0 bridgehead atoms. The van der Waals surface area contributed by atoms with Gasteiger partial charge in [-0.1, -0.05) is 13.8 Å². The lowest BCUT2D eigenvalue weighted by Gasteiger charge is -2.27. The van der Waals surface area contributed by atoms with Crippen molar-refractivity contribution < 1.29 is 24.3 Å². The number of benzene rings is 2. The molecular formula is C28H27N4O6+. The molecule has 0 spiro atoms. The van der Waals surface area contributed by atoms with Gasteiger partial charge in [0.1, 0.15) is 12.8 Å². The molecule has 0 aromatic heterocycles. The summed E-state index contributed by atoms with van der Waals surface area (Å²) in [7, 11) is 3.65. The first kappa shape index (κ1) is 25.1. The quantitative estimate of drug-likeness (QED) is 0.258. The Hall–Kier alpha value is -4.60. The van der Waals surface area contributed by atoms with Crippen molar-refractivity contribution in [1.82, 2.24) is 0 Å². The number of ketones is 1. The van der Waals surface area contributed by atoms with Crippen LogP contribution in [0.2, 0.25) is 0 Å². The Labute approximate surface area is 218 Å². The summed E-state index contributed by atoms with van der Waals surface area (Å²) in [5, 5.41) is 33.6. The fraction of sp³-hybridized carbons (Fsp3) is 0.286. The number of hydrogen-bond donors (Lipinski definition) is 1. The Bertz CT molecular complexity index is 1620. The van der Waals surface area contributed by atoms with Gasteiger partial charge in [-0.3, -0.25) is 25.0 Å². The molecule has 0 fully saturated rings. The molecule has 2 aliphatic heterocycles. The van der Waals surface area contributed by atoms with Crippen LogP contribution in [0.1, 0.15) is 38.8 Å². The zero-order chi connectivity index (χ0) is 27.9. The van der Waals surface area contributed by atoms with Crippen LogP contribution >= 0.6 is 0 Å². The van der Waals surface area contributed by atoms with Crippen molar-refractivity contribution in [2.24, 2.45) is 0 Å². The highest BCUT2D eigenvalue weighted by Crippen LogP contribution is 2.49. The van der Waals surface area contributed by atoms with Crippen LogP contribution < -0.4 is 4.90 Å². The van der Waals surface area contributed by atoms with Gasteiger partial charge < -0.3 is 10.0 Å². The normalized spacial score (nSPS) is 21.2. The predicted octanol–water partition coefficient (Wildman–Crippen LogP) is 5.14. The number of rotatable bonds is 4. The zero-order valence-corrected chi connectivity index (χ0v) is 21.9.